The third-order valence-electron chi connectivity index (χ3n) is 2.76. The molecule has 3 heteroatoms. The lowest BCUT2D eigenvalue weighted by Gasteiger charge is -2.42. The van der Waals surface area contributed by atoms with Crippen LogP contribution in [0.25, 0.3) is 0 Å². The van der Waals surface area contributed by atoms with Crippen molar-refractivity contribution in [2.75, 3.05) is 0 Å². The van der Waals surface area contributed by atoms with Gasteiger partial charge in [0.2, 0.25) is 0 Å². The van der Waals surface area contributed by atoms with Crippen molar-refractivity contribution < 1.29 is 15.0 Å². The lowest BCUT2D eigenvalue weighted by molar-refractivity contribution is -0.168. The molecule has 1 aliphatic carbocycles. The standard InChI is InChI=1S/C10H18O3/c1-7-4-9(2,3)6-10(13,5-7)8(11)12/h7,13H,4-6H2,1-3H3,(H,11,12). The quantitative estimate of drug-likeness (QED) is 0.654. The molecule has 0 radical (unpaired) electrons. The van der Waals surface area contributed by atoms with Crippen molar-refractivity contribution in [1.82, 2.24) is 0 Å². The maximum Gasteiger partial charge on any atom is 0.335 e. The highest BCUT2D eigenvalue weighted by Gasteiger charge is 2.46. The van der Waals surface area contributed by atoms with Crippen LogP contribution in [0.5, 0.6) is 0 Å². The molecule has 3 nitrogen and oxygen atoms in total. The van der Waals surface area contributed by atoms with E-state index in [2.05, 4.69) is 0 Å². The molecular weight excluding hydrogens is 168 g/mol. The minimum Gasteiger partial charge on any atom is -0.479 e. The van der Waals surface area contributed by atoms with Gasteiger partial charge in [0.05, 0.1) is 0 Å². The smallest absolute Gasteiger partial charge is 0.335 e. The second-order valence-electron chi connectivity index (χ2n) is 5.19. The third kappa shape index (κ3) is 2.21. The summed E-state index contributed by atoms with van der Waals surface area (Å²) in [5, 5.41) is 18.8. The fourth-order valence-corrected chi connectivity index (χ4v) is 2.69. The molecule has 0 heterocycles. The topological polar surface area (TPSA) is 57.5 Å². The van der Waals surface area contributed by atoms with E-state index in [1.165, 1.54) is 0 Å². The maximum atomic E-state index is 10.9. The first-order chi connectivity index (χ1) is 5.75. The molecular formula is C10H18O3. The molecule has 1 fully saturated rings. The van der Waals surface area contributed by atoms with Crippen LogP contribution in [0.1, 0.15) is 40.0 Å². The van der Waals surface area contributed by atoms with E-state index in [-0.39, 0.29) is 11.3 Å². The number of hydrogen-bond acceptors (Lipinski definition) is 2. The number of rotatable bonds is 1. The van der Waals surface area contributed by atoms with Crippen LogP contribution >= 0.6 is 0 Å². The van der Waals surface area contributed by atoms with Crippen LogP contribution in [-0.2, 0) is 4.79 Å². The molecule has 1 aliphatic rings. The van der Waals surface area contributed by atoms with Crippen LogP contribution in [0.3, 0.4) is 0 Å². The SMILES string of the molecule is CC1CC(C)(C)CC(O)(C(=O)O)C1. The van der Waals surface area contributed by atoms with Crippen LogP contribution in [0.2, 0.25) is 0 Å². The van der Waals surface area contributed by atoms with Gasteiger partial charge in [0.1, 0.15) is 0 Å². The predicted molar refractivity (Wildman–Crippen MR) is 49.4 cm³/mol. The van der Waals surface area contributed by atoms with Gasteiger partial charge in [-0.1, -0.05) is 20.8 Å². The Hall–Kier alpha value is -0.570. The fourth-order valence-electron chi connectivity index (χ4n) is 2.69. The minimum atomic E-state index is -1.50. The van der Waals surface area contributed by atoms with Crippen molar-refractivity contribution in [1.29, 1.82) is 0 Å². The van der Waals surface area contributed by atoms with Crippen molar-refractivity contribution in [2.45, 2.75) is 45.6 Å². The highest BCUT2D eigenvalue weighted by molar-refractivity contribution is 5.77. The summed E-state index contributed by atoms with van der Waals surface area (Å²) in [7, 11) is 0. The average Bonchev–Trinajstić information content (AvgIpc) is 1.79. The predicted octanol–water partition coefficient (Wildman–Crippen LogP) is 1.65. The Morgan fingerprint density at radius 2 is 1.92 bits per heavy atom. The molecule has 0 bridgehead atoms. The Bertz CT molecular complexity index is 222. The Morgan fingerprint density at radius 3 is 2.31 bits per heavy atom. The van der Waals surface area contributed by atoms with Gasteiger partial charge in [-0.3, -0.25) is 0 Å². The molecule has 0 aromatic carbocycles. The second-order valence-corrected chi connectivity index (χ2v) is 5.19. The average molecular weight is 186 g/mol. The molecule has 1 saturated carbocycles. The summed E-state index contributed by atoms with van der Waals surface area (Å²) in [6.07, 6.45) is 1.73. The van der Waals surface area contributed by atoms with Gasteiger partial charge < -0.3 is 10.2 Å². The Balaban J connectivity index is 2.84. The van der Waals surface area contributed by atoms with E-state index in [4.69, 9.17) is 5.11 Å². The lowest BCUT2D eigenvalue weighted by atomic mass is 9.66. The van der Waals surface area contributed by atoms with Crippen LogP contribution < -0.4 is 0 Å². The molecule has 0 aromatic heterocycles. The van der Waals surface area contributed by atoms with Gasteiger partial charge in [0, 0.05) is 0 Å². The van der Waals surface area contributed by atoms with Gasteiger partial charge >= 0.3 is 5.97 Å². The number of carbonyl (C=O) groups is 1. The Labute approximate surface area is 78.8 Å². The first kappa shape index (κ1) is 10.5. The molecule has 2 atom stereocenters. The summed E-state index contributed by atoms with van der Waals surface area (Å²) in [4.78, 5) is 10.9. The number of carboxylic acids is 1. The highest BCUT2D eigenvalue weighted by Crippen LogP contribution is 2.43. The highest BCUT2D eigenvalue weighted by atomic mass is 16.4. The van der Waals surface area contributed by atoms with Gasteiger partial charge in [-0.25, -0.2) is 4.79 Å². The molecule has 0 aliphatic heterocycles. The fraction of sp³-hybridized carbons (Fsp3) is 0.900. The van der Waals surface area contributed by atoms with E-state index in [1.54, 1.807) is 0 Å². The van der Waals surface area contributed by atoms with Crippen molar-refractivity contribution in [3.63, 3.8) is 0 Å². The third-order valence-corrected chi connectivity index (χ3v) is 2.76. The van der Waals surface area contributed by atoms with Crippen molar-refractivity contribution in [3.8, 4) is 0 Å². The van der Waals surface area contributed by atoms with Gasteiger partial charge in [-0.15, -0.1) is 0 Å². The summed E-state index contributed by atoms with van der Waals surface area (Å²) in [5.41, 5.74) is -1.56. The zero-order valence-electron chi connectivity index (χ0n) is 8.50. The molecule has 2 unspecified atom stereocenters. The van der Waals surface area contributed by atoms with Gasteiger partial charge in [0.15, 0.2) is 5.60 Å². The Kier molecular flexibility index (Phi) is 2.41. The first-order valence-corrected chi connectivity index (χ1v) is 4.71. The molecule has 0 saturated heterocycles. The van der Waals surface area contributed by atoms with Crippen LogP contribution in [0.15, 0.2) is 0 Å². The Morgan fingerprint density at radius 1 is 1.38 bits per heavy atom. The lowest BCUT2D eigenvalue weighted by Crippen LogP contribution is -2.48. The number of carboxylic acid groups (broad SMARTS) is 1. The van der Waals surface area contributed by atoms with Gasteiger partial charge in [-0.05, 0) is 30.6 Å². The zero-order valence-corrected chi connectivity index (χ0v) is 8.50. The summed E-state index contributed by atoms with van der Waals surface area (Å²) in [5.74, 6) is -0.794. The minimum absolute atomic E-state index is 0.0647. The van der Waals surface area contributed by atoms with Crippen LogP contribution in [-0.4, -0.2) is 21.8 Å². The van der Waals surface area contributed by atoms with Crippen molar-refractivity contribution in [2.24, 2.45) is 11.3 Å². The zero-order chi connectivity index (χ0) is 10.3. The molecule has 0 aromatic rings. The molecule has 13 heavy (non-hydrogen) atoms. The molecule has 76 valence electrons. The normalized spacial score (nSPS) is 38.6. The molecule has 1 rings (SSSR count). The monoisotopic (exact) mass is 186 g/mol. The molecule has 0 amide bonds. The van der Waals surface area contributed by atoms with Crippen LogP contribution in [0, 0.1) is 11.3 Å². The first-order valence-electron chi connectivity index (χ1n) is 4.71. The van der Waals surface area contributed by atoms with Crippen molar-refractivity contribution in [3.05, 3.63) is 0 Å². The molecule has 2 N–H and O–H groups in total. The largest absolute Gasteiger partial charge is 0.479 e. The van der Waals surface area contributed by atoms with E-state index in [1.807, 2.05) is 20.8 Å². The summed E-state index contributed by atoms with van der Waals surface area (Å²) in [6, 6.07) is 0. The number of aliphatic carboxylic acids is 1. The summed E-state index contributed by atoms with van der Waals surface area (Å²) >= 11 is 0. The van der Waals surface area contributed by atoms with E-state index >= 15 is 0 Å². The van der Waals surface area contributed by atoms with E-state index in [0.717, 1.165) is 6.42 Å². The summed E-state index contributed by atoms with van der Waals surface area (Å²) in [6.45, 7) is 6.02. The van der Waals surface area contributed by atoms with E-state index < -0.39 is 11.6 Å². The summed E-state index contributed by atoms with van der Waals surface area (Å²) < 4.78 is 0. The second kappa shape index (κ2) is 2.98. The number of hydrogen-bond donors (Lipinski definition) is 2. The van der Waals surface area contributed by atoms with Crippen molar-refractivity contribution >= 4 is 5.97 Å². The van der Waals surface area contributed by atoms with E-state index in [9.17, 15) is 9.90 Å². The van der Waals surface area contributed by atoms with Gasteiger partial charge in [0.25, 0.3) is 0 Å². The number of aliphatic hydroxyl groups is 1. The maximum absolute atomic E-state index is 10.9. The van der Waals surface area contributed by atoms with Crippen LogP contribution in [0.4, 0.5) is 0 Å². The van der Waals surface area contributed by atoms with E-state index in [0.29, 0.717) is 12.8 Å². The van der Waals surface area contributed by atoms with Gasteiger partial charge in [-0.2, -0.15) is 0 Å². The molecule has 0 spiro atoms.